The third-order valence-electron chi connectivity index (χ3n) is 7.86. The molecule has 6 atom stereocenters. The first-order chi connectivity index (χ1) is 18.4. The summed E-state index contributed by atoms with van der Waals surface area (Å²) >= 11 is 0. The molecule has 0 aromatic heterocycles. The van der Waals surface area contributed by atoms with Crippen molar-refractivity contribution in [1.82, 2.24) is 0 Å². The summed E-state index contributed by atoms with van der Waals surface area (Å²) in [5.74, 6) is 3.10. The first-order valence-electron chi connectivity index (χ1n) is 14.0. The maximum atomic E-state index is 6.00. The zero-order valence-corrected chi connectivity index (χ0v) is 23.5. The molecular formula is C30H42N2O6. The molecule has 38 heavy (non-hydrogen) atoms. The van der Waals surface area contributed by atoms with E-state index in [9.17, 15) is 0 Å². The number of rotatable bonds is 12. The minimum Gasteiger partial charge on any atom is -0.490 e. The molecule has 6 unspecified atom stereocenters. The number of benzene rings is 2. The summed E-state index contributed by atoms with van der Waals surface area (Å²) in [5.41, 5.74) is 2.28. The third kappa shape index (κ3) is 5.76. The van der Waals surface area contributed by atoms with E-state index >= 15 is 0 Å². The minimum absolute atomic E-state index is 0.204. The van der Waals surface area contributed by atoms with Gasteiger partial charge < -0.3 is 38.2 Å². The molecular weight excluding hydrogens is 484 g/mol. The Labute approximate surface area is 226 Å². The van der Waals surface area contributed by atoms with E-state index in [1.54, 1.807) is 0 Å². The van der Waals surface area contributed by atoms with Crippen LogP contribution in [0.4, 0.5) is 11.4 Å². The lowest BCUT2D eigenvalue weighted by Gasteiger charge is -2.55. The van der Waals surface area contributed by atoms with E-state index in [1.165, 1.54) is 0 Å². The lowest BCUT2D eigenvalue weighted by Crippen LogP contribution is -2.66. The smallest absolute Gasteiger partial charge is 0.163 e. The van der Waals surface area contributed by atoms with E-state index in [0.717, 1.165) is 47.6 Å². The van der Waals surface area contributed by atoms with Crippen LogP contribution in [0.1, 0.15) is 41.5 Å². The Morgan fingerprint density at radius 3 is 1.29 bits per heavy atom. The molecule has 2 aromatic rings. The standard InChI is InChI=1S/C30H42N2O6/c1-7-33-29-13-23(9-11-27(29)37-17-25-15-35-25)31-19(3)21(5)32(22(6)20(31)4)24-10-12-28(30(14-24)34-8-2)38-18-26-16-36-26/h9-14,19-22,25-26H,7-8,15-18H2,1-6H3. The molecule has 3 fully saturated rings. The van der Waals surface area contributed by atoms with Gasteiger partial charge in [0.25, 0.3) is 0 Å². The average Bonchev–Trinajstić information content (AvgIpc) is 3.83. The number of anilines is 2. The Balaban J connectivity index is 1.37. The number of nitrogens with zero attached hydrogens (tertiary/aromatic N) is 2. The summed E-state index contributed by atoms with van der Waals surface area (Å²) in [7, 11) is 0. The second kappa shape index (κ2) is 11.5. The molecule has 2 aromatic carbocycles. The Morgan fingerprint density at radius 1 is 0.605 bits per heavy atom. The Hall–Kier alpha value is -2.84. The fourth-order valence-electron chi connectivity index (χ4n) is 5.40. The summed E-state index contributed by atoms with van der Waals surface area (Å²) in [6.45, 7) is 17.0. The topological polar surface area (TPSA) is 68.5 Å². The third-order valence-corrected chi connectivity index (χ3v) is 7.86. The SMILES string of the molecule is CCOc1cc(N2C(C)C(C)N(c3ccc(OCC4CO4)c(OCC)c3)C(C)C2C)ccc1OCC1CO1. The van der Waals surface area contributed by atoms with Gasteiger partial charge in [-0.15, -0.1) is 0 Å². The Kier molecular flexibility index (Phi) is 8.09. The summed E-state index contributed by atoms with van der Waals surface area (Å²) < 4.78 is 34.6. The van der Waals surface area contributed by atoms with Gasteiger partial charge >= 0.3 is 0 Å². The first-order valence-corrected chi connectivity index (χ1v) is 14.0. The molecule has 8 heteroatoms. The van der Waals surface area contributed by atoms with Crippen molar-refractivity contribution >= 4 is 11.4 Å². The Bertz CT molecular complexity index is 987. The van der Waals surface area contributed by atoms with Crippen molar-refractivity contribution in [3.05, 3.63) is 36.4 Å². The van der Waals surface area contributed by atoms with E-state index in [4.69, 9.17) is 28.4 Å². The van der Waals surface area contributed by atoms with E-state index in [0.29, 0.717) is 26.4 Å². The highest BCUT2D eigenvalue weighted by Crippen LogP contribution is 2.41. The van der Waals surface area contributed by atoms with Crippen LogP contribution in [0.15, 0.2) is 36.4 Å². The van der Waals surface area contributed by atoms with E-state index in [1.807, 2.05) is 26.0 Å². The molecule has 208 valence electrons. The highest BCUT2D eigenvalue weighted by atomic mass is 16.6. The van der Waals surface area contributed by atoms with Crippen LogP contribution in [0.5, 0.6) is 23.0 Å². The van der Waals surface area contributed by atoms with Gasteiger partial charge in [0, 0.05) is 47.7 Å². The molecule has 0 spiro atoms. The molecule has 3 saturated heterocycles. The van der Waals surface area contributed by atoms with Gasteiger partial charge in [-0.05, 0) is 65.8 Å². The lowest BCUT2D eigenvalue weighted by molar-refractivity contribution is 0.244. The van der Waals surface area contributed by atoms with Crippen molar-refractivity contribution in [1.29, 1.82) is 0 Å². The molecule has 0 aliphatic carbocycles. The van der Waals surface area contributed by atoms with E-state index in [-0.39, 0.29) is 36.4 Å². The van der Waals surface area contributed by atoms with Gasteiger partial charge in [-0.2, -0.15) is 0 Å². The maximum absolute atomic E-state index is 6.00. The number of hydrogen-bond acceptors (Lipinski definition) is 8. The number of hydrogen-bond donors (Lipinski definition) is 0. The molecule has 3 heterocycles. The second-order valence-electron chi connectivity index (χ2n) is 10.4. The second-order valence-corrected chi connectivity index (χ2v) is 10.4. The van der Waals surface area contributed by atoms with Gasteiger partial charge in [0.1, 0.15) is 25.4 Å². The van der Waals surface area contributed by atoms with Crippen LogP contribution in [0.3, 0.4) is 0 Å². The summed E-state index contributed by atoms with van der Waals surface area (Å²) in [4.78, 5) is 5.03. The fraction of sp³-hybridized carbons (Fsp3) is 0.600. The Morgan fingerprint density at radius 2 is 0.974 bits per heavy atom. The van der Waals surface area contributed by atoms with Crippen LogP contribution in [-0.2, 0) is 9.47 Å². The average molecular weight is 527 g/mol. The van der Waals surface area contributed by atoms with Crippen LogP contribution in [0.25, 0.3) is 0 Å². The molecule has 8 nitrogen and oxygen atoms in total. The minimum atomic E-state index is 0.204. The zero-order chi connectivity index (χ0) is 26.8. The molecule has 0 saturated carbocycles. The van der Waals surface area contributed by atoms with Crippen molar-refractivity contribution in [2.24, 2.45) is 0 Å². The van der Waals surface area contributed by atoms with E-state index < -0.39 is 0 Å². The van der Waals surface area contributed by atoms with Crippen LogP contribution in [0.2, 0.25) is 0 Å². The zero-order valence-electron chi connectivity index (χ0n) is 23.5. The van der Waals surface area contributed by atoms with Gasteiger partial charge in [-0.3, -0.25) is 0 Å². The van der Waals surface area contributed by atoms with Crippen molar-refractivity contribution < 1.29 is 28.4 Å². The van der Waals surface area contributed by atoms with Crippen molar-refractivity contribution in [2.75, 3.05) is 49.4 Å². The molecule has 5 rings (SSSR count). The summed E-state index contributed by atoms with van der Waals surface area (Å²) in [5, 5.41) is 0. The van der Waals surface area contributed by atoms with Gasteiger partial charge in [0.05, 0.1) is 26.4 Å². The largest absolute Gasteiger partial charge is 0.490 e. The van der Waals surface area contributed by atoms with Crippen LogP contribution >= 0.6 is 0 Å². The highest BCUT2D eigenvalue weighted by molar-refractivity contribution is 5.63. The molecule has 0 bridgehead atoms. The molecule has 0 radical (unpaired) electrons. The molecule has 3 aliphatic rings. The fourth-order valence-corrected chi connectivity index (χ4v) is 5.40. The first kappa shape index (κ1) is 26.8. The number of epoxide rings is 2. The van der Waals surface area contributed by atoms with Gasteiger partial charge in [0.2, 0.25) is 0 Å². The number of ether oxygens (including phenoxy) is 6. The number of piperazine rings is 1. The normalized spacial score (nSPS) is 28.2. The van der Waals surface area contributed by atoms with Crippen LogP contribution in [0, 0.1) is 0 Å². The summed E-state index contributed by atoms with van der Waals surface area (Å²) in [6, 6.07) is 13.6. The van der Waals surface area contributed by atoms with Gasteiger partial charge in [-0.1, -0.05) is 0 Å². The summed E-state index contributed by atoms with van der Waals surface area (Å²) in [6.07, 6.45) is 0.408. The molecule has 3 aliphatic heterocycles. The van der Waals surface area contributed by atoms with Gasteiger partial charge in [-0.25, -0.2) is 0 Å². The predicted molar refractivity (Wildman–Crippen MR) is 148 cm³/mol. The van der Waals surface area contributed by atoms with E-state index in [2.05, 4.69) is 61.8 Å². The molecule has 0 N–H and O–H groups in total. The van der Waals surface area contributed by atoms with Gasteiger partial charge in [0.15, 0.2) is 23.0 Å². The maximum Gasteiger partial charge on any atom is 0.163 e. The van der Waals surface area contributed by atoms with Crippen LogP contribution < -0.4 is 28.7 Å². The lowest BCUT2D eigenvalue weighted by atomic mass is 9.92. The molecule has 0 amide bonds. The monoisotopic (exact) mass is 526 g/mol. The highest BCUT2D eigenvalue weighted by Gasteiger charge is 2.41. The predicted octanol–water partition coefficient (Wildman–Crippen LogP) is 4.92. The van der Waals surface area contributed by atoms with Crippen molar-refractivity contribution in [2.45, 2.75) is 77.9 Å². The van der Waals surface area contributed by atoms with Crippen molar-refractivity contribution in [3.8, 4) is 23.0 Å². The van der Waals surface area contributed by atoms with Crippen LogP contribution in [-0.4, -0.2) is 76.0 Å². The van der Waals surface area contributed by atoms with Crippen molar-refractivity contribution in [3.63, 3.8) is 0 Å². The quantitative estimate of drug-likeness (QED) is 0.361.